The highest BCUT2D eigenvalue weighted by Gasteiger charge is 2.29. The van der Waals surface area contributed by atoms with Crippen LogP contribution in [0.15, 0.2) is 28.3 Å². The number of hydrogen-bond acceptors (Lipinski definition) is 7. The van der Waals surface area contributed by atoms with Crippen LogP contribution in [0.25, 0.3) is 0 Å². The second-order valence-corrected chi connectivity index (χ2v) is 10.9. The van der Waals surface area contributed by atoms with Gasteiger partial charge in [0.2, 0.25) is 15.9 Å². The Labute approximate surface area is 193 Å². The van der Waals surface area contributed by atoms with Crippen molar-refractivity contribution in [3.05, 3.63) is 24.0 Å². The van der Waals surface area contributed by atoms with Crippen LogP contribution in [-0.4, -0.2) is 59.3 Å². The number of aryl methyl sites for hydroxylation is 1. The molecule has 0 spiro atoms. The van der Waals surface area contributed by atoms with Gasteiger partial charge in [-0.1, -0.05) is 24.6 Å². The molecule has 1 aromatic heterocycles. The molecule has 1 saturated heterocycles. The Kier molecular flexibility index (Phi) is 7.37. The van der Waals surface area contributed by atoms with E-state index in [9.17, 15) is 13.2 Å². The minimum Gasteiger partial charge on any atom is -0.495 e. The van der Waals surface area contributed by atoms with Gasteiger partial charge in [-0.2, -0.15) is 4.31 Å². The summed E-state index contributed by atoms with van der Waals surface area (Å²) in [6.07, 6.45) is 7.03. The molecule has 32 heavy (non-hydrogen) atoms. The van der Waals surface area contributed by atoms with Crippen LogP contribution in [0.5, 0.6) is 5.75 Å². The first kappa shape index (κ1) is 23.1. The highest BCUT2D eigenvalue weighted by molar-refractivity contribution is 7.99. The standard InChI is InChI=1S/C21H29N5O4S2/c1-30-17-10-9-16(14-18(17)32(28,29)25-11-5-3-6-12-25)22-20(27)15-31-21-24-23-19-8-4-2-7-13-26(19)21/h9-10,14H,2-8,11-13,15H2,1H3,(H,22,27). The van der Waals surface area contributed by atoms with Crippen molar-refractivity contribution in [1.29, 1.82) is 0 Å². The van der Waals surface area contributed by atoms with Crippen molar-refractivity contribution in [2.45, 2.75) is 61.5 Å². The van der Waals surface area contributed by atoms with Gasteiger partial charge in [0.25, 0.3) is 0 Å². The lowest BCUT2D eigenvalue weighted by atomic mass is 10.2. The zero-order valence-electron chi connectivity index (χ0n) is 18.2. The summed E-state index contributed by atoms with van der Waals surface area (Å²) in [4.78, 5) is 12.7. The zero-order valence-corrected chi connectivity index (χ0v) is 19.9. The third-order valence-corrected chi connectivity index (χ3v) is 8.67. The number of amides is 1. The molecule has 4 rings (SSSR count). The van der Waals surface area contributed by atoms with Crippen molar-refractivity contribution < 1.29 is 17.9 Å². The van der Waals surface area contributed by atoms with Gasteiger partial charge in [-0.25, -0.2) is 8.42 Å². The third kappa shape index (κ3) is 5.10. The molecule has 1 N–H and O–H groups in total. The maximum Gasteiger partial charge on any atom is 0.246 e. The van der Waals surface area contributed by atoms with Crippen molar-refractivity contribution in [3.63, 3.8) is 0 Å². The van der Waals surface area contributed by atoms with Crippen LogP contribution in [0, 0.1) is 0 Å². The molecule has 0 aliphatic carbocycles. The van der Waals surface area contributed by atoms with Crippen LogP contribution in [0.1, 0.15) is 44.3 Å². The van der Waals surface area contributed by atoms with Gasteiger partial charge >= 0.3 is 0 Å². The van der Waals surface area contributed by atoms with Crippen LogP contribution in [-0.2, 0) is 27.8 Å². The summed E-state index contributed by atoms with van der Waals surface area (Å²) in [5.74, 6) is 1.19. The average Bonchev–Trinajstić information content (AvgIpc) is 3.04. The normalized spacial score (nSPS) is 17.4. The van der Waals surface area contributed by atoms with Gasteiger partial charge in [-0.15, -0.1) is 10.2 Å². The Balaban J connectivity index is 1.44. The number of rotatable bonds is 7. The molecule has 9 nitrogen and oxygen atoms in total. The predicted molar refractivity (Wildman–Crippen MR) is 123 cm³/mol. The van der Waals surface area contributed by atoms with Crippen molar-refractivity contribution in [1.82, 2.24) is 19.1 Å². The number of nitrogens with zero attached hydrogens (tertiary/aromatic N) is 4. The Morgan fingerprint density at radius 3 is 2.62 bits per heavy atom. The van der Waals surface area contributed by atoms with Gasteiger partial charge in [-0.3, -0.25) is 4.79 Å². The monoisotopic (exact) mass is 479 g/mol. The number of benzene rings is 1. The Bertz CT molecular complexity index is 1060. The number of hydrogen-bond donors (Lipinski definition) is 1. The van der Waals surface area contributed by atoms with Crippen LogP contribution >= 0.6 is 11.8 Å². The van der Waals surface area contributed by atoms with Crippen LogP contribution in [0.2, 0.25) is 0 Å². The largest absolute Gasteiger partial charge is 0.495 e. The summed E-state index contributed by atoms with van der Waals surface area (Å²) in [5.41, 5.74) is 0.423. The molecule has 0 saturated carbocycles. The first-order chi connectivity index (χ1) is 15.5. The summed E-state index contributed by atoms with van der Waals surface area (Å²) in [6, 6.07) is 4.71. The molecule has 1 aromatic carbocycles. The number of nitrogens with one attached hydrogen (secondary N) is 1. The van der Waals surface area contributed by atoms with Crippen LogP contribution < -0.4 is 10.1 Å². The molecule has 2 aliphatic heterocycles. The molecule has 0 atom stereocenters. The van der Waals surface area contributed by atoms with E-state index in [-0.39, 0.29) is 22.3 Å². The molecule has 0 bridgehead atoms. The number of thioether (sulfide) groups is 1. The van der Waals surface area contributed by atoms with E-state index in [1.807, 2.05) is 0 Å². The third-order valence-electron chi connectivity index (χ3n) is 5.79. The summed E-state index contributed by atoms with van der Waals surface area (Å²) in [7, 11) is -2.25. The Morgan fingerprint density at radius 2 is 1.84 bits per heavy atom. The second-order valence-electron chi connectivity index (χ2n) is 8.03. The van der Waals surface area contributed by atoms with E-state index in [1.165, 1.54) is 35.7 Å². The van der Waals surface area contributed by atoms with Crippen molar-refractivity contribution in [2.24, 2.45) is 0 Å². The first-order valence-corrected chi connectivity index (χ1v) is 13.4. The first-order valence-electron chi connectivity index (χ1n) is 11.0. The SMILES string of the molecule is COc1ccc(NC(=O)CSc2nnc3n2CCCCC3)cc1S(=O)(=O)N1CCCCC1. The van der Waals surface area contributed by atoms with Crippen LogP contribution in [0.3, 0.4) is 0 Å². The molecular formula is C21H29N5O4S2. The molecule has 0 radical (unpaired) electrons. The Morgan fingerprint density at radius 1 is 1.09 bits per heavy atom. The van der Waals surface area contributed by atoms with Gasteiger partial charge < -0.3 is 14.6 Å². The fourth-order valence-electron chi connectivity index (χ4n) is 4.09. The van der Waals surface area contributed by atoms with Crippen molar-refractivity contribution >= 4 is 33.4 Å². The van der Waals surface area contributed by atoms with Gasteiger partial charge in [0, 0.05) is 31.7 Å². The van der Waals surface area contributed by atoms with E-state index in [0.717, 1.165) is 56.1 Å². The van der Waals surface area contributed by atoms with Crippen molar-refractivity contribution in [3.8, 4) is 5.75 Å². The number of piperidine rings is 1. The molecule has 11 heteroatoms. The molecule has 0 unspecified atom stereocenters. The van der Waals surface area contributed by atoms with Gasteiger partial charge in [0.05, 0.1) is 12.9 Å². The van der Waals surface area contributed by atoms with Gasteiger partial charge in [-0.05, 0) is 43.9 Å². The van der Waals surface area contributed by atoms with Crippen molar-refractivity contribution in [2.75, 3.05) is 31.3 Å². The topological polar surface area (TPSA) is 106 Å². The fourth-order valence-corrected chi connectivity index (χ4v) is 6.57. The lowest BCUT2D eigenvalue weighted by Gasteiger charge is -2.26. The molecule has 3 heterocycles. The van der Waals surface area contributed by atoms with E-state index in [4.69, 9.17) is 4.74 Å². The lowest BCUT2D eigenvalue weighted by molar-refractivity contribution is -0.113. The predicted octanol–water partition coefficient (Wildman–Crippen LogP) is 2.92. The number of carbonyl (C=O) groups excluding carboxylic acids is 1. The Hall–Kier alpha value is -2.11. The number of sulfonamides is 1. The number of ether oxygens (including phenoxy) is 1. The van der Waals surface area contributed by atoms with E-state index < -0.39 is 10.0 Å². The van der Waals surface area contributed by atoms with Crippen LogP contribution in [0.4, 0.5) is 5.69 Å². The van der Waals surface area contributed by atoms with Gasteiger partial charge in [0.15, 0.2) is 5.16 Å². The molecule has 174 valence electrons. The molecule has 1 amide bonds. The average molecular weight is 480 g/mol. The quantitative estimate of drug-likeness (QED) is 0.609. The minimum absolute atomic E-state index is 0.0788. The molecule has 1 fully saturated rings. The highest BCUT2D eigenvalue weighted by atomic mass is 32.2. The number of fused-ring (bicyclic) bond motifs is 1. The number of aromatic nitrogens is 3. The fraction of sp³-hybridized carbons (Fsp3) is 0.571. The van der Waals surface area contributed by atoms with Gasteiger partial charge in [0.1, 0.15) is 16.5 Å². The smallest absolute Gasteiger partial charge is 0.246 e. The maximum absolute atomic E-state index is 13.2. The summed E-state index contributed by atoms with van der Waals surface area (Å²) < 4.78 is 35.2. The van der Waals surface area contributed by atoms with E-state index in [0.29, 0.717) is 18.8 Å². The zero-order chi connectivity index (χ0) is 22.6. The van der Waals surface area contributed by atoms with E-state index in [2.05, 4.69) is 20.1 Å². The molecule has 2 aromatic rings. The second kappa shape index (κ2) is 10.2. The summed E-state index contributed by atoms with van der Waals surface area (Å²) in [6.45, 7) is 1.88. The summed E-state index contributed by atoms with van der Waals surface area (Å²) in [5, 5.41) is 12.0. The lowest BCUT2D eigenvalue weighted by Crippen LogP contribution is -2.35. The van der Waals surface area contributed by atoms with E-state index in [1.54, 1.807) is 12.1 Å². The number of carbonyl (C=O) groups is 1. The minimum atomic E-state index is -3.69. The summed E-state index contributed by atoms with van der Waals surface area (Å²) >= 11 is 1.34. The number of methoxy groups -OCH3 is 1. The van der Waals surface area contributed by atoms with E-state index >= 15 is 0 Å². The number of anilines is 1. The maximum atomic E-state index is 13.2. The highest BCUT2D eigenvalue weighted by Crippen LogP contribution is 2.31. The molecule has 2 aliphatic rings. The molecular weight excluding hydrogens is 450 g/mol.